The summed E-state index contributed by atoms with van der Waals surface area (Å²) >= 11 is 5.97. The zero-order chi connectivity index (χ0) is 12.6. The lowest BCUT2D eigenvalue weighted by atomic mass is 9.96. The lowest BCUT2D eigenvalue weighted by molar-refractivity contribution is 0.532. The van der Waals surface area contributed by atoms with E-state index < -0.39 is 11.5 Å². The van der Waals surface area contributed by atoms with Gasteiger partial charge < -0.3 is 11.1 Å². The lowest BCUT2D eigenvalue weighted by Crippen LogP contribution is -2.45. The molecule has 0 saturated carbocycles. The number of aliphatic imine (C=N–C) groups is 1. The predicted octanol–water partition coefficient (Wildman–Crippen LogP) is 1.41. The molecule has 1 atom stereocenters. The van der Waals surface area contributed by atoms with Gasteiger partial charge in [0.1, 0.15) is 11.7 Å². The fourth-order valence-corrected chi connectivity index (χ4v) is 1.98. The second-order valence-corrected chi connectivity index (χ2v) is 4.24. The molecule has 17 heavy (non-hydrogen) atoms. The van der Waals surface area contributed by atoms with Gasteiger partial charge in [0.25, 0.3) is 0 Å². The number of halogens is 2. The first-order valence-corrected chi connectivity index (χ1v) is 5.35. The van der Waals surface area contributed by atoms with E-state index >= 15 is 0 Å². The van der Waals surface area contributed by atoms with Gasteiger partial charge in [0.05, 0.1) is 10.7 Å². The van der Waals surface area contributed by atoms with Crippen LogP contribution < -0.4 is 16.8 Å². The third-order valence-corrected chi connectivity index (χ3v) is 2.88. The summed E-state index contributed by atoms with van der Waals surface area (Å²) < 4.78 is 13.0. The van der Waals surface area contributed by atoms with E-state index in [1.54, 1.807) is 13.1 Å². The molecule has 1 aliphatic heterocycles. The number of nitrogens with two attached hydrogens (primary N) is 2. The summed E-state index contributed by atoms with van der Waals surface area (Å²) in [4.78, 5) is 4.24. The van der Waals surface area contributed by atoms with Gasteiger partial charge in [0.2, 0.25) is 0 Å². The van der Waals surface area contributed by atoms with E-state index in [4.69, 9.17) is 23.1 Å². The molecule has 0 spiro atoms. The van der Waals surface area contributed by atoms with E-state index in [9.17, 15) is 4.39 Å². The molecular formula is C11H12ClFN4. The molecule has 1 aromatic rings. The number of hydrogen-bond donors (Lipinski definition) is 3. The van der Waals surface area contributed by atoms with E-state index in [1.807, 2.05) is 0 Å². The highest BCUT2D eigenvalue weighted by Gasteiger charge is 2.34. The van der Waals surface area contributed by atoms with Crippen molar-refractivity contribution in [1.29, 1.82) is 0 Å². The minimum Gasteiger partial charge on any atom is -0.397 e. The van der Waals surface area contributed by atoms with Gasteiger partial charge in [0, 0.05) is 11.8 Å². The molecular weight excluding hydrogens is 243 g/mol. The molecule has 1 aliphatic rings. The first-order chi connectivity index (χ1) is 7.93. The Morgan fingerprint density at radius 3 is 2.82 bits per heavy atom. The molecule has 0 radical (unpaired) electrons. The van der Waals surface area contributed by atoms with Crippen LogP contribution in [0.3, 0.4) is 0 Å². The predicted molar refractivity (Wildman–Crippen MR) is 65.8 cm³/mol. The van der Waals surface area contributed by atoms with E-state index in [2.05, 4.69) is 10.3 Å². The fraction of sp³-hybridized carbons (Fsp3) is 0.182. The quantitative estimate of drug-likeness (QED) is 0.709. The molecule has 6 heteroatoms. The van der Waals surface area contributed by atoms with Crippen LogP contribution in [-0.2, 0) is 5.66 Å². The van der Waals surface area contributed by atoms with Crippen molar-refractivity contribution >= 4 is 17.4 Å². The van der Waals surface area contributed by atoms with Crippen LogP contribution >= 0.6 is 11.6 Å². The van der Waals surface area contributed by atoms with Crippen LogP contribution in [0.5, 0.6) is 0 Å². The van der Waals surface area contributed by atoms with E-state index in [0.29, 0.717) is 17.1 Å². The molecule has 0 amide bonds. The van der Waals surface area contributed by atoms with E-state index in [1.165, 1.54) is 18.2 Å². The number of hydrogen-bond acceptors (Lipinski definition) is 4. The zero-order valence-corrected chi connectivity index (χ0v) is 9.92. The van der Waals surface area contributed by atoms with Gasteiger partial charge in [-0.3, -0.25) is 5.73 Å². The van der Waals surface area contributed by atoms with Gasteiger partial charge in [-0.2, -0.15) is 0 Å². The van der Waals surface area contributed by atoms with Crippen LogP contribution in [0.4, 0.5) is 4.39 Å². The largest absolute Gasteiger partial charge is 0.397 e. The lowest BCUT2D eigenvalue weighted by Gasteiger charge is -2.30. The van der Waals surface area contributed by atoms with Crippen molar-refractivity contribution in [2.24, 2.45) is 16.5 Å². The monoisotopic (exact) mass is 254 g/mol. The summed E-state index contributed by atoms with van der Waals surface area (Å²) in [6.45, 7) is 1.75. The first-order valence-electron chi connectivity index (χ1n) is 4.97. The number of nitrogens with zero attached hydrogens (tertiary/aromatic N) is 1. The maximum atomic E-state index is 13.0. The minimum absolute atomic E-state index is 0.197. The van der Waals surface area contributed by atoms with Gasteiger partial charge in [-0.1, -0.05) is 17.7 Å². The van der Waals surface area contributed by atoms with Gasteiger partial charge in [-0.05, 0) is 19.1 Å². The highest BCUT2D eigenvalue weighted by atomic mass is 35.5. The van der Waals surface area contributed by atoms with Crippen molar-refractivity contribution in [3.05, 3.63) is 46.5 Å². The summed E-state index contributed by atoms with van der Waals surface area (Å²) in [6, 6.07) is 3.95. The second kappa shape index (κ2) is 4.01. The molecule has 5 N–H and O–H groups in total. The maximum Gasteiger partial charge on any atom is 0.178 e. The number of nitrogens with one attached hydrogen (secondary N) is 1. The van der Waals surface area contributed by atoms with Gasteiger partial charge >= 0.3 is 0 Å². The summed E-state index contributed by atoms with van der Waals surface area (Å²) in [6.07, 6.45) is 1.56. The van der Waals surface area contributed by atoms with Crippen LogP contribution in [0, 0.1) is 5.82 Å². The normalized spacial score (nSPS) is 23.8. The Labute approximate surface area is 103 Å². The molecule has 2 rings (SSSR count). The molecule has 90 valence electrons. The van der Waals surface area contributed by atoms with Crippen molar-refractivity contribution in [1.82, 2.24) is 5.32 Å². The zero-order valence-electron chi connectivity index (χ0n) is 9.17. The molecule has 1 aromatic carbocycles. The van der Waals surface area contributed by atoms with Crippen LogP contribution in [0.2, 0.25) is 5.02 Å². The highest BCUT2D eigenvalue weighted by molar-refractivity contribution is 6.31. The first kappa shape index (κ1) is 11.9. The van der Waals surface area contributed by atoms with Crippen molar-refractivity contribution in [3.8, 4) is 0 Å². The topological polar surface area (TPSA) is 76.4 Å². The fourth-order valence-electron chi connectivity index (χ4n) is 1.67. The number of amidine groups is 1. The Bertz CT molecular complexity index is 526. The SMILES string of the molecule is CC1=NC(N)(c2ccc(F)cc2Cl)C(N)=CN1. The van der Waals surface area contributed by atoms with Crippen molar-refractivity contribution in [3.63, 3.8) is 0 Å². The third kappa shape index (κ3) is 1.99. The van der Waals surface area contributed by atoms with Crippen molar-refractivity contribution < 1.29 is 4.39 Å². The van der Waals surface area contributed by atoms with Crippen molar-refractivity contribution in [2.45, 2.75) is 12.6 Å². The average molecular weight is 255 g/mol. The Hall–Kier alpha value is -1.59. The molecule has 0 aliphatic carbocycles. The summed E-state index contributed by atoms with van der Waals surface area (Å²) in [5.74, 6) is 0.182. The van der Waals surface area contributed by atoms with Gasteiger partial charge in [-0.15, -0.1) is 0 Å². The molecule has 4 nitrogen and oxygen atoms in total. The number of rotatable bonds is 1. The molecule has 0 fully saturated rings. The van der Waals surface area contributed by atoms with Crippen LogP contribution in [0.1, 0.15) is 12.5 Å². The van der Waals surface area contributed by atoms with Crippen LogP contribution in [0.15, 0.2) is 35.1 Å². The summed E-state index contributed by atoms with van der Waals surface area (Å²) in [7, 11) is 0. The third-order valence-electron chi connectivity index (χ3n) is 2.56. The number of benzene rings is 1. The van der Waals surface area contributed by atoms with Gasteiger partial charge in [-0.25, -0.2) is 9.38 Å². The molecule has 1 unspecified atom stereocenters. The summed E-state index contributed by atoms with van der Waals surface area (Å²) in [5, 5.41) is 3.05. The summed E-state index contributed by atoms with van der Waals surface area (Å²) in [5.41, 5.74) is 11.5. The van der Waals surface area contributed by atoms with Crippen LogP contribution in [-0.4, -0.2) is 5.84 Å². The van der Waals surface area contributed by atoms with Crippen molar-refractivity contribution in [2.75, 3.05) is 0 Å². The highest BCUT2D eigenvalue weighted by Crippen LogP contribution is 2.32. The molecule has 0 aromatic heterocycles. The second-order valence-electron chi connectivity index (χ2n) is 3.83. The Balaban J connectivity index is 2.57. The van der Waals surface area contributed by atoms with Gasteiger partial charge in [0.15, 0.2) is 5.66 Å². The minimum atomic E-state index is -1.25. The van der Waals surface area contributed by atoms with E-state index in [0.717, 1.165) is 0 Å². The molecule has 0 saturated heterocycles. The maximum absolute atomic E-state index is 13.0. The standard InChI is InChI=1S/C11H12ClFN4/c1-6-16-5-10(14)11(15,17-6)8-3-2-7(13)4-9(8)12/h2-5H,14-15H2,1H3,(H,16,17). The smallest absolute Gasteiger partial charge is 0.178 e. The molecule has 0 bridgehead atoms. The average Bonchev–Trinajstić information content (AvgIpc) is 2.23. The Morgan fingerprint density at radius 1 is 1.47 bits per heavy atom. The van der Waals surface area contributed by atoms with E-state index in [-0.39, 0.29) is 5.02 Å². The van der Waals surface area contributed by atoms with Crippen LogP contribution in [0.25, 0.3) is 0 Å². The Morgan fingerprint density at radius 2 is 2.18 bits per heavy atom. The molecule has 1 heterocycles. The Kier molecular flexibility index (Phi) is 2.81.